The quantitative estimate of drug-likeness (QED) is 0.160. The molecule has 0 aromatic heterocycles. The molecule has 0 saturated carbocycles. The van der Waals surface area contributed by atoms with Crippen LogP contribution in [0.2, 0.25) is 0 Å². The largest absolute Gasteiger partial charge is 0.493 e. The number of amidine groups is 1. The molecule has 11 nitrogen and oxygen atoms in total. The fourth-order valence-corrected chi connectivity index (χ4v) is 3.21. The number of ketones is 1. The lowest BCUT2D eigenvalue weighted by atomic mass is 9.92. The fourth-order valence-electron chi connectivity index (χ4n) is 3.21. The summed E-state index contributed by atoms with van der Waals surface area (Å²) in [5, 5.41) is 9.08. The molecular formula is C22H32N6O5. The summed E-state index contributed by atoms with van der Waals surface area (Å²) in [6, 6.07) is 5.67. The van der Waals surface area contributed by atoms with Gasteiger partial charge in [0.2, 0.25) is 11.9 Å². The van der Waals surface area contributed by atoms with Gasteiger partial charge in [-0.1, -0.05) is 11.6 Å². The highest BCUT2D eigenvalue weighted by atomic mass is 16.6. The van der Waals surface area contributed by atoms with E-state index < -0.39 is 0 Å². The number of allylic oxidation sites excluding steroid dienone is 1. The van der Waals surface area contributed by atoms with E-state index in [4.69, 9.17) is 25.8 Å². The van der Waals surface area contributed by atoms with Gasteiger partial charge in [-0.25, -0.2) is 0 Å². The summed E-state index contributed by atoms with van der Waals surface area (Å²) in [5.41, 5.74) is 12.2. The van der Waals surface area contributed by atoms with Crippen molar-refractivity contribution >= 4 is 23.5 Å². The van der Waals surface area contributed by atoms with Crippen molar-refractivity contribution in [2.24, 2.45) is 27.5 Å². The molecule has 0 fully saturated rings. The molecule has 0 radical (unpaired) electrons. The molecule has 180 valence electrons. The third kappa shape index (κ3) is 8.36. The van der Waals surface area contributed by atoms with Gasteiger partial charge < -0.3 is 36.4 Å². The first-order valence-corrected chi connectivity index (χ1v) is 10.5. The minimum Gasteiger partial charge on any atom is -0.493 e. The number of methoxy groups -OCH3 is 2. The Morgan fingerprint density at radius 3 is 2.70 bits per heavy atom. The minimum absolute atomic E-state index is 0.135. The van der Waals surface area contributed by atoms with Gasteiger partial charge in [-0.15, -0.1) is 0 Å². The number of rotatable bonds is 11. The standard InChI is InChI=1S/C22H32N6O5/c1-14-13-27-21(26-7-6-15-4-5-18(31-2)19(10-15)32-3)17(29)11-16(14)12-20(30)25-8-9-33-28-22(23)24/h4-5,10,13,16H,6-9,11-12H2,1-3H3,(H,25,30)(H,26,27)(H4,23,24,28). The molecule has 1 aromatic rings. The van der Waals surface area contributed by atoms with Gasteiger partial charge in [-0.05, 0) is 42.1 Å². The number of nitrogens with one attached hydrogen (secondary N) is 2. The Bertz CT molecular complexity index is 924. The number of benzene rings is 1. The number of hydrogen-bond donors (Lipinski definition) is 4. The van der Waals surface area contributed by atoms with Gasteiger partial charge in [-0.2, -0.15) is 0 Å². The SMILES string of the molecule is COc1ccc(CCN=C2NC=C(C)C(CC(=O)NCCON=C(N)N)CC2=O)cc1OC. The molecule has 33 heavy (non-hydrogen) atoms. The summed E-state index contributed by atoms with van der Waals surface area (Å²) in [4.78, 5) is 34.2. The number of ether oxygens (including phenoxy) is 2. The van der Waals surface area contributed by atoms with E-state index in [0.717, 1.165) is 11.1 Å². The third-order valence-corrected chi connectivity index (χ3v) is 5.01. The number of guanidine groups is 1. The van der Waals surface area contributed by atoms with E-state index in [1.807, 2.05) is 25.1 Å². The van der Waals surface area contributed by atoms with Crippen LogP contribution in [-0.4, -0.2) is 57.4 Å². The molecule has 0 bridgehead atoms. The van der Waals surface area contributed by atoms with Crippen LogP contribution in [0.5, 0.6) is 11.5 Å². The summed E-state index contributed by atoms with van der Waals surface area (Å²) in [6.45, 7) is 2.70. The minimum atomic E-state index is -0.220. The van der Waals surface area contributed by atoms with E-state index in [1.165, 1.54) is 0 Å². The van der Waals surface area contributed by atoms with Gasteiger partial charge in [-0.3, -0.25) is 14.6 Å². The summed E-state index contributed by atoms with van der Waals surface area (Å²) >= 11 is 0. The monoisotopic (exact) mass is 460 g/mol. The molecule has 1 aromatic carbocycles. The molecule has 0 spiro atoms. The van der Waals surface area contributed by atoms with Gasteiger partial charge in [0, 0.05) is 25.6 Å². The second-order valence-electron chi connectivity index (χ2n) is 7.43. The van der Waals surface area contributed by atoms with Crippen LogP contribution in [0.3, 0.4) is 0 Å². The van der Waals surface area contributed by atoms with Crippen LogP contribution in [0.1, 0.15) is 25.3 Å². The Balaban J connectivity index is 1.87. The number of nitrogens with two attached hydrogens (primary N) is 2. The Morgan fingerprint density at radius 1 is 1.24 bits per heavy atom. The van der Waals surface area contributed by atoms with Crippen LogP contribution in [-0.2, 0) is 20.8 Å². The average molecular weight is 461 g/mol. The first-order valence-electron chi connectivity index (χ1n) is 10.5. The van der Waals surface area contributed by atoms with Gasteiger partial charge in [0.05, 0.1) is 20.8 Å². The molecule has 0 saturated heterocycles. The summed E-state index contributed by atoms with van der Waals surface area (Å²) in [7, 11) is 3.17. The molecule has 0 aliphatic carbocycles. The van der Waals surface area contributed by atoms with Crippen molar-refractivity contribution in [2.45, 2.75) is 26.2 Å². The number of nitrogens with zero attached hydrogens (tertiary/aromatic N) is 2. The van der Waals surface area contributed by atoms with Gasteiger partial charge in [0.25, 0.3) is 0 Å². The van der Waals surface area contributed by atoms with Crippen LogP contribution in [0, 0.1) is 5.92 Å². The molecule has 1 heterocycles. The van der Waals surface area contributed by atoms with Crippen molar-refractivity contribution in [1.82, 2.24) is 10.6 Å². The highest BCUT2D eigenvalue weighted by Crippen LogP contribution is 2.27. The average Bonchev–Trinajstić information content (AvgIpc) is 2.91. The zero-order valence-electron chi connectivity index (χ0n) is 19.2. The van der Waals surface area contributed by atoms with E-state index in [0.29, 0.717) is 30.3 Å². The lowest BCUT2D eigenvalue weighted by Gasteiger charge is -2.14. The number of amides is 1. The van der Waals surface area contributed by atoms with Crippen LogP contribution >= 0.6 is 0 Å². The van der Waals surface area contributed by atoms with Crippen LogP contribution in [0.4, 0.5) is 0 Å². The predicted octanol–water partition coefficient (Wildman–Crippen LogP) is 0.439. The maximum atomic E-state index is 12.7. The van der Waals surface area contributed by atoms with Gasteiger partial charge >= 0.3 is 0 Å². The molecule has 1 atom stereocenters. The Kier molecular flexibility index (Phi) is 10.00. The maximum Gasteiger partial charge on any atom is 0.228 e. The number of carbonyl (C=O) groups is 2. The molecule has 1 aliphatic heterocycles. The number of aliphatic imine (C=N–C) groups is 1. The van der Waals surface area contributed by atoms with E-state index >= 15 is 0 Å². The van der Waals surface area contributed by atoms with Crippen molar-refractivity contribution in [1.29, 1.82) is 0 Å². The van der Waals surface area contributed by atoms with Crippen molar-refractivity contribution in [3.8, 4) is 11.5 Å². The second kappa shape index (κ2) is 12.9. The molecule has 1 amide bonds. The van der Waals surface area contributed by atoms with Crippen molar-refractivity contribution < 1.29 is 23.9 Å². The Hall–Kier alpha value is -3.76. The summed E-state index contributed by atoms with van der Waals surface area (Å²) < 4.78 is 10.6. The summed E-state index contributed by atoms with van der Waals surface area (Å²) in [6.07, 6.45) is 2.74. The normalized spacial score (nSPS) is 16.8. The van der Waals surface area contributed by atoms with Crippen molar-refractivity contribution in [3.63, 3.8) is 0 Å². The van der Waals surface area contributed by atoms with E-state index in [1.54, 1.807) is 20.4 Å². The number of hydrogen-bond acceptors (Lipinski definition) is 7. The Morgan fingerprint density at radius 2 is 2.00 bits per heavy atom. The lowest BCUT2D eigenvalue weighted by Crippen LogP contribution is -2.30. The van der Waals surface area contributed by atoms with Crippen LogP contribution in [0.15, 0.2) is 40.1 Å². The predicted molar refractivity (Wildman–Crippen MR) is 125 cm³/mol. The summed E-state index contributed by atoms with van der Waals surface area (Å²) in [5.74, 6) is 0.865. The zero-order chi connectivity index (χ0) is 24.2. The maximum absolute atomic E-state index is 12.7. The second-order valence-corrected chi connectivity index (χ2v) is 7.43. The fraction of sp³-hybridized carbons (Fsp3) is 0.455. The van der Waals surface area contributed by atoms with Crippen LogP contribution < -0.4 is 31.6 Å². The number of carbonyl (C=O) groups excluding carboxylic acids is 2. The first kappa shape index (κ1) is 25.5. The highest BCUT2D eigenvalue weighted by Gasteiger charge is 2.24. The van der Waals surface area contributed by atoms with E-state index in [9.17, 15) is 9.59 Å². The zero-order valence-corrected chi connectivity index (χ0v) is 19.2. The molecule has 2 rings (SSSR count). The van der Waals surface area contributed by atoms with Gasteiger partial charge in [0.15, 0.2) is 23.1 Å². The molecular weight excluding hydrogens is 428 g/mol. The molecule has 1 unspecified atom stereocenters. The van der Waals surface area contributed by atoms with E-state index in [-0.39, 0.29) is 49.6 Å². The first-order chi connectivity index (χ1) is 15.8. The van der Waals surface area contributed by atoms with E-state index in [2.05, 4.69) is 20.8 Å². The molecule has 1 aliphatic rings. The Labute approximate surface area is 193 Å². The smallest absolute Gasteiger partial charge is 0.228 e. The topological polar surface area (TPSA) is 163 Å². The molecule has 11 heteroatoms. The highest BCUT2D eigenvalue weighted by molar-refractivity contribution is 6.39. The third-order valence-electron chi connectivity index (χ3n) is 5.01. The van der Waals surface area contributed by atoms with Gasteiger partial charge in [0.1, 0.15) is 6.61 Å². The number of oxime groups is 1. The number of Topliss-reactive ketones (excluding diaryl/α,β-unsaturated/α-hetero) is 1. The molecule has 6 N–H and O–H groups in total. The van der Waals surface area contributed by atoms with Crippen LogP contribution in [0.25, 0.3) is 0 Å². The lowest BCUT2D eigenvalue weighted by molar-refractivity contribution is -0.122. The van der Waals surface area contributed by atoms with Crippen molar-refractivity contribution in [3.05, 3.63) is 35.5 Å². The van der Waals surface area contributed by atoms with Crippen molar-refractivity contribution in [2.75, 3.05) is 33.9 Å².